The quantitative estimate of drug-likeness (QED) is 0.739. The highest BCUT2D eigenvalue weighted by Gasteiger charge is 2.43. The molecule has 4 heteroatoms. The van der Waals surface area contributed by atoms with E-state index in [9.17, 15) is 4.79 Å². The van der Waals surface area contributed by atoms with E-state index in [-0.39, 0.29) is 6.09 Å². The van der Waals surface area contributed by atoms with Gasteiger partial charge in [-0.1, -0.05) is 12.7 Å². The van der Waals surface area contributed by atoms with Crippen LogP contribution in [0.15, 0.2) is 12.7 Å². The lowest BCUT2D eigenvalue weighted by molar-refractivity contribution is 0.0650. The van der Waals surface area contributed by atoms with Gasteiger partial charge in [0.05, 0.1) is 0 Å². The molecule has 2 heterocycles. The summed E-state index contributed by atoms with van der Waals surface area (Å²) in [6.07, 6.45) is 5.70. The standard InChI is InChI=1S/C12H20N2O2/c1-2-5-16-12(15)14-10-3-4-11(14)7-9(6-10)8-13/h2,9-11H,1,3-8,13H2/t9?,10-,11+. The third-order valence-electron chi connectivity index (χ3n) is 3.70. The first-order chi connectivity index (χ1) is 7.76. The SMILES string of the molecule is C=CCOC(=O)N1[C@@H]2CC[C@H]1CC(CN)C2. The predicted octanol–water partition coefficient (Wildman–Crippen LogP) is 1.51. The number of ether oxygens (including phenoxy) is 1. The molecule has 1 unspecified atom stereocenters. The highest BCUT2D eigenvalue weighted by Crippen LogP contribution is 2.38. The number of carbonyl (C=O) groups is 1. The third-order valence-corrected chi connectivity index (χ3v) is 3.70. The van der Waals surface area contributed by atoms with E-state index in [1.165, 1.54) is 0 Å². The maximum Gasteiger partial charge on any atom is 0.410 e. The molecule has 2 aliphatic heterocycles. The molecule has 2 aliphatic rings. The Bertz CT molecular complexity index is 266. The number of piperidine rings is 1. The zero-order valence-electron chi connectivity index (χ0n) is 9.60. The first kappa shape index (κ1) is 11.5. The second-order valence-electron chi connectivity index (χ2n) is 4.73. The van der Waals surface area contributed by atoms with Gasteiger partial charge in [-0.2, -0.15) is 0 Å². The maximum absolute atomic E-state index is 11.8. The number of fused-ring (bicyclic) bond motifs is 2. The van der Waals surface area contributed by atoms with E-state index >= 15 is 0 Å². The third kappa shape index (κ3) is 2.07. The van der Waals surface area contributed by atoms with Crippen molar-refractivity contribution in [2.75, 3.05) is 13.2 Å². The van der Waals surface area contributed by atoms with Crippen molar-refractivity contribution >= 4 is 6.09 Å². The minimum absolute atomic E-state index is 0.178. The first-order valence-electron chi connectivity index (χ1n) is 6.02. The Balaban J connectivity index is 1.97. The normalized spacial score (nSPS) is 32.6. The van der Waals surface area contributed by atoms with Gasteiger partial charge in [-0.3, -0.25) is 0 Å². The van der Waals surface area contributed by atoms with Gasteiger partial charge < -0.3 is 15.4 Å². The molecule has 0 saturated carbocycles. The fourth-order valence-electron chi connectivity index (χ4n) is 2.99. The Hall–Kier alpha value is -1.03. The molecule has 2 bridgehead atoms. The average Bonchev–Trinajstić information content (AvgIpc) is 2.57. The molecule has 0 radical (unpaired) electrons. The van der Waals surface area contributed by atoms with Gasteiger partial charge in [0, 0.05) is 12.1 Å². The summed E-state index contributed by atoms with van der Waals surface area (Å²) in [5.74, 6) is 0.584. The Morgan fingerprint density at radius 3 is 2.56 bits per heavy atom. The van der Waals surface area contributed by atoms with Crippen molar-refractivity contribution in [2.24, 2.45) is 11.7 Å². The van der Waals surface area contributed by atoms with Crippen LogP contribution in [0.1, 0.15) is 25.7 Å². The summed E-state index contributed by atoms with van der Waals surface area (Å²) in [6.45, 7) is 4.58. The molecule has 2 rings (SSSR count). The average molecular weight is 224 g/mol. The van der Waals surface area contributed by atoms with Crippen molar-refractivity contribution in [1.29, 1.82) is 0 Å². The summed E-state index contributed by atoms with van der Waals surface area (Å²) < 4.78 is 5.12. The molecule has 16 heavy (non-hydrogen) atoms. The Kier molecular flexibility index (Phi) is 3.49. The lowest BCUT2D eigenvalue weighted by Crippen LogP contribution is -2.47. The highest BCUT2D eigenvalue weighted by molar-refractivity contribution is 5.69. The van der Waals surface area contributed by atoms with E-state index < -0.39 is 0 Å². The maximum atomic E-state index is 11.8. The van der Waals surface area contributed by atoms with E-state index in [1.54, 1.807) is 6.08 Å². The number of hydrogen-bond acceptors (Lipinski definition) is 3. The zero-order valence-corrected chi connectivity index (χ0v) is 9.60. The molecule has 2 saturated heterocycles. The Labute approximate surface area is 96.4 Å². The summed E-state index contributed by atoms with van der Waals surface area (Å²) in [7, 11) is 0. The van der Waals surface area contributed by atoms with Crippen LogP contribution in [-0.2, 0) is 4.74 Å². The van der Waals surface area contributed by atoms with Crippen LogP contribution in [0.25, 0.3) is 0 Å². The van der Waals surface area contributed by atoms with Crippen LogP contribution in [0.4, 0.5) is 4.79 Å². The monoisotopic (exact) mass is 224 g/mol. The number of rotatable bonds is 3. The van der Waals surface area contributed by atoms with Gasteiger partial charge in [0.15, 0.2) is 0 Å². The Morgan fingerprint density at radius 1 is 1.44 bits per heavy atom. The molecule has 4 nitrogen and oxygen atoms in total. The van der Waals surface area contributed by atoms with Crippen LogP contribution in [0, 0.1) is 5.92 Å². The molecule has 0 aromatic heterocycles. The van der Waals surface area contributed by atoms with Gasteiger partial charge in [0.25, 0.3) is 0 Å². The summed E-state index contributed by atoms with van der Waals surface area (Å²) in [4.78, 5) is 13.8. The van der Waals surface area contributed by atoms with Gasteiger partial charge in [0.1, 0.15) is 6.61 Å². The lowest BCUT2D eigenvalue weighted by Gasteiger charge is -2.37. The number of nitrogens with two attached hydrogens (primary N) is 1. The van der Waals surface area contributed by atoms with Crippen LogP contribution in [0.2, 0.25) is 0 Å². The molecular weight excluding hydrogens is 204 g/mol. The summed E-state index contributed by atoms with van der Waals surface area (Å²) in [6, 6.07) is 0.703. The van der Waals surface area contributed by atoms with Crippen molar-refractivity contribution in [3.05, 3.63) is 12.7 Å². The molecule has 2 N–H and O–H groups in total. The van der Waals surface area contributed by atoms with E-state index in [2.05, 4.69) is 6.58 Å². The van der Waals surface area contributed by atoms with Gasteiger partial charge in [-0.25, -0.2) is 4.79 Å². The summed E-state index contributed by atoms with van der Waals surface area (Å²) in [5.41, 5.74) is 5.71. The molecule has 2 fully saturated rings. The number of amides is 1. The van der Waals surface area contributed by atoms with Crippen LogP contribution >= 0.6 is 0 Å². The second kappa shape index (κ2) is 4.87. The molecule has 0 aromatic rings. The topological polar surface area (TPSA) is 55.6 Å². The van der Waals surface area contributed by atoms with Gasteiger partial charge >= 0.3 is 6.09 Å². The second-order valence-corrected chi connectivity index (χ2v) is 4.73. The van der Waals surface area contributed by atoms with E-state index in [4.69, 9.17) is 10.5 Å². The smallest absolute Gasteiger partial charge is 0.410 e. The number of hydrogen-bond donors (Lipinski definition) is 1. The molecular formula is C12H20N2O2. The van der Waals surface area contributed by atoms with Crippen LogP contribution in [-0.4, -0.2) is 36.2 Å². The van der Waals surface area contributed by atoms with Crippen molar-refractivity contribution in [3.8, 4) is 0 Å². The van der Waals surface area contributed by atoms with Crippen molar-refractivity contribution in [1.82, 2.24) is 4.90 Å². The summed E-state index contributed by atoms with van der Waals surface area (Å²) >= 11 is 0. The van der Waals surface area contributed by atoms with Crippen LogP contribution < -0.4 is 5.73 Å². The minimum Gasteiger partial charge on any atom is -0.445 e. The van der Waals surface area contributed by atoms with E-state index in [0.29, 0.717) is 24.6 Å². The van der Waals surface area contributed by atoms with Crippen LogP contribution in [0.3, 0.4) is 0 Å². The van der Waals surface area contributed by atoms with Crippen molar-refractivity contribution in [3.63, 3.8) is 0 Å². The molecule has 1 amide bonds. The van der Waals surface area contributed by atoms with E-state index in [1.807, 2.05) is 4.90 Å². The Morgan fingerprint density at radius 2 is 2.06 bits per heavy atom. The zero-order chi connectivity index (χ0) is 11.5. The first-order valence-corrected chi connectivity index (χ1v) is 6.02. The van der Waals surface area contributed by atoms with Crippen LogP contribution in [0.5, 0.6) is 0 Å². The van der Waals surface area contributed by atoms with E-state index in [0.717, 1.165) is 32.2 Å². The van der Waals surface area contributed by atoms with Gasteiger partial charge in [-0.15, -0.1) is 0 Å². The predicted molar refractivity (Wildman–Crippen MR) is 62.0 cm³/mol. The fraction of sp³-hybridized carbons (Fsp3) is 0.750. The van der Waals surface area contributed by atoms with Crippen molar-refractivity contribution in [2.45, 2.75) is 37.8 Å². The number of nitrogens with zero attached hydrogens (tertiary/aromatic N) is 1. The highest BCUT2D eigenvalue weighted by atomic mass is 16.6. The molecule has 0 aromatic carbocycles. The summed E-state index contributed by atoms with van der Waals surface area (Å²) in [5, 5.41) is 0. The molecule has 0 spiro atoms. The molecule has 90 valence electrons. The largest absolute Gasteiger partial charge is 0.445 e. The lowest BCUT2D eigenvalue weighted by atomic mass is 9.91. The molecule has 3 atom stereocenters. The fourth-order valence-corrected chi connectivity index (χ4v) is 2.99. The van der Waals surface area contributed by atoms with Crippen molar-refractivity contribution < 1.29 is 9.53 Å². The number of carbonyl (C=O) groups excluding carboxylic acids is 1. The minimum atomic E-state index is -0.178. The molecule has 0 aliphatic carbocycles. The van der Waals surface area contributed by atoms with Gasteiger partial charge in [0.2, 0.25) is 0 Å². The van der Waals surface area contributed by atoms with Gasteiger partial charge in [-0.05, 0) is 38.1 Å².